The molecule has 1 aromatic heterocycles. The van der Waals surface area contributed by atoms with E-state index in [9.17, 15) is 9.59 Å². The Hall–Kier alpha value is -1.40. The lowest BCUT2D eigenvalue weighted by Gasteiger charge is -2.16. The van der Waals surface area contributed by atoms with Crippen molar-refractivity contribution in [2.45, 2.75) is 33.1 Å². The molecule has 0 aliphatic heterocycles. The number of ether oxygens (including phenoxy) is 2. The molecule has 96 valence electrons. The predicted octanol–water partition coefficient (Wildman–Crippen LogP) is 0.326. The molecule has 0 spiro atoms. The van der Waals surface area contributed by atoms with Crippen molar-refractivity contribution in [3.05, 3.63) is 32.8 Å². The van der Waals surface area contributed by atoms with Gasteiger partial charge in [-0.15, -0.1) is 0 Å². The molecule has 1 rings (SSSR count). The van der Waals surface area contributed by atoms with Crippen LogP contribution in [0.1, 0.15) is 20.3 Å². The summed E-state index contributed by atoms with van der Waals surface area (Å²) in [5.74, 6) is 0. The minimum Gasteiger partial charge on any atom is -0.353 e. The van der Waals surface area contributed by atoms with Crippen LogP contribution < -0.4 is 11.1 Å². The Morgan fingerprint density at radius 2 is 1.88 bits per heavy atom. The number of rotatable bonds is 7. The second-order valence-electron chi connectivity index (χ2n) is 3.43. The van der Waals surface area contributed by atoms with Crippen molar-refractivity contribution in [3.63, 3.8) is 0 Å². The number of aromatic nitrogens is 2. The molecular formula is C11H18N2O4. The third-order valence-electron chi connectivity index (χ3n) is 2.18. The summed E-state index contributed by atoms with van der Waals surface area (Å²) in [6.07, 6.45) is 0.169. The van der Waals surface area contributed by atoms with E-state index in [1.807, 2.05) is 13.8 Å². The fraction of sp³-hybridized carbons (Fsp3) is 0.636. The normalized spacial score (nSPS) is 11.0. The quantitative estimate of drug-likeness (QED) is 0.699. The van der Waals surface area contributed by atoms with Crippen LogP contribution >= 0.6 is 0 Å². The first-order valence-corrected chi connectivity index (χ1v) is 5.70. The Kier molecular flexibility index (Phi) is 5.65. The Balaban J connectivity index is 2.61. The van der Waals surface area contributed by atoms with E-state index in [1.165, 1.54) is 16.8 Å². The fourth-order valence-electron chi connectivity index (χ4n) is 1.45. The van der Waals surface area contributed by atoms with E-state index in [4.69, 9.17) is 9.47 Å². The Morgan fingerprint density at radius 1 is 1.24 bits per heavy atom. The van der Waals surface area contributed by atoms with Gasteiger partial charge in [-0.25, -0.2) is 0 Å². The summed E-state index contributed by atoms with van der Waals surface area (Å²) in [5, 5.41) is 2.45. The highest BCUT2D eigenvalue weighted by Gasteiger charge is 2.08. The monoisotopic (exact) mass is 242 g/mol. The summed E-state index contributed by atoms with van der Waals surface area (Å²) in [5.41, 5.74) is -0.537. The van der Waals surface area contributed by atoms with Gasteiger partial charge in [0, 0.05) is 38.3 Å². The number of H-pyrrole nitrogens is 1. The van der Waals surface area contributed by atoms with Crippen molar-refractivity contribution in [1.29, 1.82) is 0 Å². The Bertz CT molecular complexity index is 432. The lowest BCUT2D eigenvalue weighted by atomic mass is 10.4. The van der Waals surface area contributed by atoms with E-state index in [-0.39, 0.29) is 17.4 Å². The summed E-state index contributed by atoms with van der Waals surface area (Å²) >= 11 is 0. The van der Waals surface area contributed by atoms with Gasteiger partial charge in [0.15, 0.2) is 6.29 Å². The zero-order valence-electron chi connectivity index (χ0n) is 10.1. The molecular weight excluding hydrogens is 224 g/mol. The van der Waals surface area contributed by atoms with Crippen LogP contribution in [0.3, 0.4) is 0 Å². The zero-order valence-corrected chi connectivity index (χ0v) is 10.1. The van der Waals surface area contributed by atoms with Crippen molar-refractivity contribution in [2.24, 2.45) is 0 Å². The lowest BCUT2D eigenvalue weighted by Crippen LogP contribution is -2.30. The maximum Gasteiger partial charge on any atom is 0.265 e. The first kappa shape index (κ1) is 13.7. The van der Waals surface area contributed by atoms with Crippen LogP contribution in [-0.4, -0.2) is 29.3 Å². The van der Waals surface area contributed by atoms with E-state index in [0.29, 0.717) is 26.2 Å². The SMILES string of the molecule is CCOC(CCn1[nH]c(=O)ccc1=O)OCC. The van der Waals surface area contributed by atoms with Crippen LogP contribution in [0.25, 0.3) is 0 Å². The summed E-state index contributed by atoms with van der Waals surface area (Å²) in [4.78, 5) is 22.5. The standard InChI is InChI=1S/C11H18N2O4/c1-3-16-11(17-4-2)7-8-13-10(15)6-5-9(14)12-13/h5-6,11H,3-4,7-8H2,1-2H3,(H,12,14). The summed E-state index contributed by atoms with van der Waals surface area (Å²) in [6, 6.07) is 2.45. The van der Waals surface area contributed by atoms with E-state index in [0.717, 1.165) is 0 Å². The molecule has 6 nitrogen and oxygen atoms in total. The molecule has 0 radical (unpaired) electrons. The van der Waals surface area contributed by atoms with Gasteiger partial charge in [-0.05, 0) is 13.8 Å². The van der Waals surface area contributed by atoms with Gasteiger partial charge >= 0.3 is 0 Å². The maximum atomic E-state index is 11.4. The first-order valence-electron chi connectivity index (χ1n) is 5.70. The van der Waals surface area contributed by atoms with Crippen LogP contribution in [0.15, 0.2) is 21.7 Å². The molecule has 0 amide bonds. The highest BCUT2D eigenvalue weighted by Crippen LogP contribution is 2.01. The summed E-state index contributed by atoms with van der Waals surface area (Å²) in [7, 11) is 0. The lowest BCUT2D eigenvalue weighted by molar-refractivity contribution is -0.141. The highest BCUT2D eigenvalue weighted by atomic mass is 16.7. The van der Waals surface area contributed by atoms with Crippen molar-refractivity contribution < 1.29 is 9.47 Å². The van der Waals surface area contributed by atoms with Gasteiger partial charge in [-0.1, -0.05) is 0 Å². The molecule has 1 aromatic rings. The number of hydrogen-bond acceptors (Lipinski definition) is 4. The summed E-state index contributed by atoms with van der Waals surface area (Å²) in [6.45, 7) is 5.21. The third kappa shape index (κ3) is 4.54. The van der Waals surface area contributed by atoms with Gasteiger partial charge in [0.1, 0.15) is 0 Å². The van der Waals surface area contributed by atoms with Crippen molar-refractivity contribution >= 4 is 0 Å². The third-order valence-corrected chi connectivity index (χ3v) is 2.18. The van der Waals surface area contributed by atoms with Crippen molar-refractivity contribution in [3.8, 4) is 0 Å². The van der Waals surface area contributed by atoms with Gasteiger partial charge in [-0.2, -0.15) is 0 Å². The van der Waals surface area contributed by atoms with E-state index in [1.54, 1.807) is 0 Å². The molecule has 0 aliphatic rings. The van der Waals surface area contributed by atoms with Crippen molar-refractivity contribution in [1.82, 2.24) is 9.78 Å². The molecule has 0 aliphatic carbocycles. The van der Waals surface area contributed by atoms with Crippen LogP contribution in [0.2, 0.25) is 0 Å². The molecule has 0 saturated carbocycles. The molecule has 0 atom stereocenters. The first-order chi connectivity index (χ1) is 8.17. The van der Waals surface area contributed by atoms with Crippen LogP contribution in [0, 0.1) is 0 Å². The molecule has 0 unspecified atom stereocenters. The predicted molar refractivity (Wildman–Crippen MR) is 63.0 cm³/mol. The minimum absolute atomic E-state index is 0.239. The van der Waals surface area contributed by atoms with Gasteiger partial charge in [-0.3, -0.25) is 19.4 Å². The van der Waals surface area contributed by atoms with Gasteiger partial charge < -0.3 is 9.47 Å². The second kappa shape index (κ2) is 7.03. The average Bonchev–Trinajstić information content (AvgIpc) is 2.30. The van der Waals surface area contributed by atoms with Gasteiger partial charge in [0.05, 0.1) is 0 Å². The number of aromatic amines is 1. The van der Waals surface area contributed by atoms with E-state index >= 15 is 0 Å². The number of hydrogen-bond donors (Lipinski definition) is 1. The molecule has 0 aromatic carbocycles. The van der Waals surface area contributed by atoms with Crippen LogP contribution in [0.5, 0.6) is 0 Å². The maximum absolute atomic E-state index is 11.4. The van der Waals surface area contributed by atoms with E-state index < -0.39 is 0 Å². The molecule has 0 fully saturated rings. The van der Waals surface area contributed by atoms with Gasteiger partial charge in [0.2, 0.25) is 0 Å². The zero-order chi connectivity index (χ0) is 12.7. The van der Waals surface area contributed by atoms with Gasteiger partial charge in [0.25, 0.3) is 11.1 Å². The molecule has 1 N–H and O–H groups in total. The molecule has 6 heteroatoms. The smallest absolute Gasteiger partial charge is 0.265 e. The highest BCUT2D eigenvalue weighted by molar-refractivity contribution is 4.85. The molecule has 0 bridgehead atoms. The van der Waals surface area contributed by atoms with Crippen molar-refractivity contribution in [2.75, 3.05) is 13.2 Å². The largest absolute Gasteiger partial charge is 0.353 e. The Morgan fingerprint density at radius 3 is 2.47 bits per heavy atom. The number of nitrogens with one attached hydrogen (secondary N) is 1. The molecule has 1 heterocycles. The second-order valence-corrected chi connectivity index (χ2v) is 3.43. The number of nitrogens with zero attached hydrogens (tertiary/aromatic N) is 1. The fourth-order valence-corrected chi connectivity index (χ4v) is 1.45. The van der Waals surface area contributed by atoms with E-state index in [2.05, 4.69) is 5.10 Å². The van der Waals surface area contributed by atoms with Crippen LogP contribution in [-0.2, 0) is 16.0 Å². The average molecular weight is 242 g/mol. The topological polar surface area (TPSA) is 73.3 Å². The Labute approximate surface area is 99.2 Å². The minimum atomic E-state index is -0.347. The molecule has 0 saturated heterocycles. The summed E-state index contributed by atoms with van der Waals surface area (Å²) < 4.78 is 11.9. The van der Waals surface area contributed by atoms with Crippen LogP contribution in [0.4, 0.5) is 0 Å². The number of aryl methyl sites for hydroxylation is 1. The molecule has 17 heavy (non-hydrogen) atoms.